The number of hydrogen-bond acceptors (Lipinski definition) is 5. The van der Waals surface area contributed by atoms with Crippen LogP contribution in [0.3, 0.4) is 0 Å². The predicted molar refractivity (Wildman–Crippen MR) is 92.2 cm³/mol. The van der Waals surface area contributed by atoms with Crippen LogP contribution in [0.15, 0.2) is 24.8 Å². The molecule has 3 aromatic heterocycles. The minimum atomic E-state index is 0.597. The summed E-state index contributed by atoms with van der Waals surface area (Å²) < 4.78 is 3.87. The van der Waals surface area contributed by atoms with Crippen molar-refractivity contribution >= 4 is 11.6 Å². The Labute approximate surface area is 141 Å². The average Bonchev–Trinajstić information content (AvgIpc) is 3.30. The van der Waals surface area contributed by atoms with Crippen LogP contribution in [0.5, 0.6) is 0 Å². The maximum absolute atomic E-state index is 4.54. The average molecular weight is 325 g/mol. The highest BCUT2D eigenvalue weighted by atomic mass is 15.4. The van der Waals surface area contributed by atoms with Crippen LogP contribution < -0.4 is 4.90 Å². The van der Waals surface area contributed by atoms with E-state index < -0.39 is 0 Å². The second-order valence-electron chi connectivity index (χ2n) is 6.32. The van der Waals surface area contributed by atoms with Gasteiger partial charge in [-0.3, -0.25) is 4.68 Å². The number of piperidine rings is 1. The van der Waals surface area contributed by atoms with Gasteiger partial charge >= 0.3 is 0 Å². The van der Waals surface area contributed by atoms with E-state index >= 15 is 0 Å². The standard InChI is InChI=1S/C17H23N7/c1-3-15-9-16(24-17(21-15)18-12-20-24)22-7-5-13(6-8-22)14-10-19-23(4-2)11-14/h9-13H,3-8H2,1-2H3. The van der Waals surface area contributed by atoms with Gasteiger partial charge in [0.15, 0.2) is 0 Å². The number of rotatable bonds is 4. The van der Waals surface area contributed by atoms with Crippen LogP contribution in [-0.2, 0) is 13.0 Å². The van der Waals surface area contributed by atoms with Crippen LogP contribution in [0, 0.1) is 0 Å². The third-order valence-electron chi connectivity index (χ3n) is 4.92. The van der Waals surface area contributed by atoms with Crippen LogP contribution in [0.2, 0.25) is 0 Å². The van der Waals surface area contributed by atoms with Gasteiger partial charge in [0, 0.05) is 37.6 Å². The third kappa shape index (κ3) is 2.64. The van der Waals surface area contributed by atoms with Gasteiger partial charge in [-0.25, -0.2) is 4.98 Å². The van der Waals surface area contributed by atoms with Crippen molar-refractivity contribution in [2.24, 2.45) is 0 Å². The number of fused-ring (bicyclic) bond motifs is 1. The number of anilines is 1. The molecule has 0 atom stereocenters. The maximum Gasteiger partial charge on any atom is 0.254 e. The zero-order chi connectivity index (χ0) is 16.5. The number of aryl methyl sites for hydroxylation is 2. The highest BCUT2D eigenvalue weighted by Crippen LogP contribution is 2.30. The van der Waals surface area contributed by atoms with E-state index in [9.17, 15) is 0 Å². The second kappa shape index (κ2) is 6.22. The Bertz CT molecular complexity index is 826. The van der Waals surface area contributed by atoms with Crippen LogP contribution in [0.1, 0.15) is 43.9 Å². The molecule has 7 heteroatoms. The molecular weight excluding hydrogens is 302 g/mol. The highest BCUT2D eigenvalue weighted by molar-refractivity contribution is 5.48. The first kappa shape index (κ1) is 15.1. The number of aromatic nitrogens is 6. The summed E-state index contributed by atoms with van der Waals surface area (Å²) in [6, 6.07) is 2.15. The molecule has 1 aliphatic rings. The first-order chi connectivity index (χ1) is 11.8. The summed E-state index contributed by atoms with van der Waals surface area (Å²) in [5.74, 6) is 2.40. The van der Waals surface area contributed by atoms with Crippen LogP contribution >= 0.6 is 0 Å². The Hall–Kier alpha value is -2.44. The molecule has 0 radical (unpaired) electrons. The van der Waals surface area contributed by atoms with Gasteiger partial charge in [-0.1, -0.05) is 6.92 Å². The minimum Gasteiger partial charge on any atom is -0.356 e. The van der Waals surface area contributed by atoms with E-state index in [2.05, 4.69) is 51.2 Å². The molecule has 0 saturated carbocycles. The molecule has 7 nitrogen and oxygen atoms in total. The van der Waals surface area contributed by atoms with Gasteiger partial charge in [0.05, 0.1) is 6.20 Å². The molecule has 4 rings (SSSR count). The molecule has 1 aliphatic heterocycles. The van der Waals surface area contributed by atoms with Gasteiger partial charge in [-0.2, -0.15) is 19.7 Å². The van der Waals surface area contributed by atoms with Crippen molar-refractivity contribution in [2.45, 2.75) is 45.6 Å². The quantitative estimate of drug-likeness (QED) is 0.736. The van der Waals surface area contributed by atoms with E-state index in [0.29, 0.717) is 11.7 Å². The Morgan fingerprint density at radius 3 is 2.71 bits per heavy atom. The predicted octanol–water partition coefficient (Wildman–Crippen LogP) is 2.29. The topological polar surface area (TPSA) is 64.1 Å². The molecule has 0 N–H and O–H groups in total. The summed E-state index contributed by atoms with van der Waals surface area (Å²) in [5.41, 5.74) is 2.43. The lowest BCUT2D eigenvalue weighted by molar-refractivity contribution is 0.499. The van der Waals surface area contributed by atoms with E-state index in [-0.39, 0.29) is 0 Å². The van der Waals surface area contributed by atoms with Crippen molar-refractivity contribution < 1.29 is 0 Å². The lowest BCUT2D eigenvalue weighted by Crippen LogP contribution is -2.34. The summed E-state index contributed by atoms with van der Waals surface area (Å²) >= 11 is 0. The van der Waals surface area contributed by atoms with Crippen molar-refractivity contribution in [1.82, 2.24) is 29.4 Å². The van der Waals surface area contributed by atoms with Gasteiger partial charge < -0.3 is 4.90 Å². The van der Waals surface area contributed by atoms with Crippen molar-refractivity contribution in [1.29, 1.82) is 0 Å². The molecule has 4 heterocycles. The summed E-state index contributed by atoms with van der Waals surface area (Å²) in [6.07, 6.45) is 8.98. The minimum absolute atomic E-state index is 0.597. The fourth-order valence-electron chi connectivity index (χ4n) is 3.46. The second-order valence-corrected chi connectivity index (χ2v) is 6.32. The summed E-state index contributed by atoms with van der Waals surface area (Å²) in [4.78, 5) is 11.2. The lowest BCUT2D eigenvalue weighted by Gasteiger charge is -2.33. The highest BCUT2D eigenvalue weighted by Gasteiger charge is 2.24. The van der Waals surface area contributed by atoms with Gasteiger partial charge in [0.2, 0.25) is 0 Å². The number of nitrogens with zero attached hydrogens (tertiary/aromatic N) is 7. The fraction of sp³-hybridized carbons (Fsp3) is 0.529. The van der Waals surface area contributed by atoms with Crippen LogP contribution in [0.25, 0.3) is 5.78 Å². The van der Waals surface area contributed by atoms with E-state index in [1.807, 2.05) is 15.4 Å². The van der Waals surface area contributed by atoms with Crippen molar-refractivity contribution in [3.05, 3.63) is 36.0 Å². The molecule has 0 bridgehead atoms. The Morgan fingerprint density at radius 2 is 2.00 bits per heavy atom. The summed E-state index contributed by atoms with van der Waals surface area (Å²) in [5, 5.41) is 8.77. The molecule has 24 heavy (non-hydrogen) atoms. The van der Waals surface area contributed by atoms with Gasteiger partial charge in [0.1, 0.15) is 12.1 Å². The molecular formula is C17H23N7. The SMILES string of the molecule is CCc1cc(N2CCC(c3cnn(CC)c3)CC2)n2ncnc2n1. The summed E-state index contributed by atoms with van der Waals surface area (Å²) in [7, 11) is 0. The monoisotopic (exact) mass is 325 g/mol. The third-order valence-corrected chi connectivity index (χ3v) is 4.92. The molecule has 0 unspecified atom stereocenters. The zero-order valence-electron chi connectivity index (χ0n) is 14.3. The van der Waals surface area contributed by atoms with E-state index in [1.165, 1.54) is 5.56 Å². The Balaban J connectivity index is 1.54. The molecule has 1 fully saturated rings. The van der Waals surface area contributed by atoms with Crippen LogP contribution in [0.4, 0.5) is 5.82 Å². The first-order valence-corrected chi connectivity index (χ1v) is 8.75. The fourth-order valence-corrected chi connectivity index (χ4v) is 3.46. The van der Waals surface area contributed by atoms with Gasteiger partial charge in [0.25, 0.3) is 5.78 Å². The molecule has 1 saturated heterocycles. The molecule has 3 aromatic rings. The number of hydrogen-bond donors (Lipinski definition) is 0. The van der Waals surface area contributed by atoms with Crippen molar-refractivity contribution in [3.63, 3.8) is 0 Å². The molecule has 0 amide bonds. The smallest absolute Gasteiger partial charge is 0.254 e. The molecule has 0 spiro atoms. The van der Waals surface area contributed by atoms with E-state index in [0.717, 1.165) is 50.4 Å². The van der Waals surface area contributed by atoms with Crippen LogP contribution in [-0.4, -0.2) is 42.5 Å². The summed E-state index contributed by atoms with van der Waals surface area (Å²) in [6.45, 7) is 7.21. The van der Waals surface area contributed by atoms with Gasteiger partial charge in [-0.05, 0) is 37.7 Å². The van der Waals surface area contributed by atoms with E-state index in [4.69, 9.17) is 0 Å². The molecule has 0 aromatic carbocycles. The maximum atomic E-state index is 4.54. The molecule has 0 aliphatic carbocycles. The molecule has 126 valence electrons. The van der Waals surface area contributed by atoms with Crippen molar-refractivity contribution in [3.8, 4) is 0 Å². The largest absolute Gasteiger partial charge is 0.356 e. The zero-order valence-corrected chi connectivity index (χ0v) is 14.3. The lowest BCUT2D eigenvalue weighted by atomic mass is 9.91. The van der Waals surface area contributed by atoms with Gasteiger partial charge in [-0.15, -0.1) is 0 Å². The van der Waals surface area contributed by atoms with Crippen molar-refractivity contribution in [2.75, 3.05) is 18.0 Å². The normalized spacial score (nSPS) is 16.2. The Morgan fingerprint density at radius 1 is 1.17 bits per heavy atom. The Kier molecular flexibility index (Phi) is 3.92. The first-order valence-electron chi connectivity index (χ1n) is 8.75. The van der Waals surface area contributed by atoms with E-state index in [1.54, 1.807) is 6.33 Å².